The van der Waals surface area contributed by atoms with Gasteiger partial charge in [0.05, 0.1) is 11.7 Å². The quantitative estimate of drug-likeness (QED) is 0.847. The van der Waals surface area contributed by atoms with Gasteiger partial charge in [-0.15, -0.1) is 0 Å². The summed E-state index contributed by atoms with van der Waals surface area (Å²) >= 11 is 0. The van der Waals surface area contributed by atoms with Crippen LogP contribution in [0.2, 0.25) is 0 Å². The molecule has 0 radical (unpaired) electrons. The zero-order valence-electron chi connectivity index (χ0n) is 13.4. The summed E-state index contributed by atoms with van der Waals surface area (Å²) in [5.74, 6) is -0.327. The van der Waals surface area contributed by atoms with Gasteiger partial charge in [0.2, 0.25) is 0 Å². The molecule has 0 bridgehead atoms. The Labute approximate surface area is 128 Å². The van der Waals surface area contributed by atoms with Crippen LogP contribution in [0.1, 0.15) is 46.0 Å². The summed E-state index contributed by atoms with van der Waals surface area (Å²) in [6.07, 6.45) is 1.51. The molecule has 22 heavy (non-hydrogen) atoms. The molecule has 0 fully saturated rings. The molecule has 0 unspecified atom stereocenters. The lowest BCUT2D eigenvalue weighted by Gasteiger charge is -2.08. The number of nitrogens with zero attached hydrogens (tertiary/aromatic N) is 2. The maximum Gasteiger partial charge on any atom is 0.340 e. The van der Waals surface area contributed by atoms with Crippen molar-refractivity contribution in [2.24, 2.45) is 7.05 Å². The summed E-state index contributed by atoms with van der Waals surface area (Å²) in [5, 5.41) is 6.77. The molecule has 2 aromatic rings. The van der Waals surface area contributed by atoms with Crippen molar-refractivity contribution in [2.45, 2.75) is 33.8 Å². The van der Waals surface area contributed by atoms with E-state index < -0.39 is 5.97 Å². The Bertz CT molecular complexity index is 712. The molecule has 0 atom stereocenters. The highest BCUT2D eigenvalue weighted by Gasteiger charge is 2.23. The van der Waals surface area contributed by atoms with Gasteiger partial charge in [-0.3, -0.25) is 9.48 Å². The number of carbonyl (C=O) groups excluding carboxylic acids is 2. The molecule has 0 aromatic carbocycles. The van der Waals surface area contributed by atoms with E-state index in [4.69, 9.17) is 4.74 Å². The molecule has 0 spiro atoms. The van der Waals surface area contributed by atoms with Gasteiger partial charge >= 0.3 is 5.97 Å². The zero-order chi connectivity index (χ0) is 16.4. The fourth-order valence-corrected chi connectivity index (χ4v) is 2.22. The molecule has 0 aliphatic heterocycles. The number of aromatic nitrogens is 3. The van der Waals surface area contributed by atoms with Crippen LogP contribution >= 0.6 is 0 Å². The second-order valence-corrected chi connectivity index (χ2v) is 5.41. The van der Waals surface area contributed by atoms with Crippen molar-refractivity contribution >= 4 is 17.7 Å². The highest BCUT2D eigenvalue weighted by molar-refractivity contribution is 6.06. The zero-order valence-corrected chi connectivity index (χ0v) is 13.4. The Kier molecular flexibility index (Phi) is 4.35. The molecule has 0 saturated carbocycles. The van der Waals surface area contributed by atoms with E-state index >= 15 is 0 Å². The maximum absolute atomic E-state index is 12.3. The third kappa shape index (κ3) is 3.19. The molecule has 7 nitrogen and oxygen atoms in total. The van der Waals surface area contributed by atoms with Crippen molar-refractivity contribution in [3.63, 3.8) is 0 Å². The Balaban J connectivity index is 2.25. The lowest BCUT2D eigenvalue weighted by molar-refractivity contribution is 0.0376. The number of hydrogen-bond acceptors (Lipinski definition) is 4. The number of carbonyl (C=O) groups is 2. The van der Waals surface area contributed by atoms with Gasteiger partial charge < -0.3 is 15.0 Å². The molecule has 2 N–H and O–H groups in total. The average molecular weight is 304 g/mol. The number of hydrogen-bond donors (Lipinski definition) is 2. The van der Waals surface area contributed by atoms with Gasteiger partial charge in [0, 0.05) is 25.0 Å². The molecular formula is C15H20N4O3. The van der Waals surface area contributed by atoms with E-state index in [0.717, 1.165) is 0 Å². The number of amides is 1. The SMILES string of the molecule is Cc1[nH]c(C(=O)Nc2ccn(C)n2)c(C)c1C(=O)OC(C)C. The largest absolute Gasteiger partial charge is 0.459 e. The summed E-state index contributed by atoms with van der Waals surface area (Å²) in [6.45, 7) is 7.02. The molecule has 2 aromatic heterocycles. The van der Waals surface area contributed by atoms with Gasteiger partial charge in [-0.2, -0.15) is 5.10 Å². The Morgan fingerprint density at radius 2 is 2.05 bits per heavy atom. The molecule has 2 rings (SSSR count). The molecule has 7 heteroatoms. The Hall–Kier alpha value is -2.57. The van der Waals surface area contributed by atoms with Crippen LogP contribution in [0.15, 0.2) is 12.3 Å². The molecule has 118 valence electrons. The summed E-state index contributed by atoms with van der Waals surface area (Å²) in [4.78, 5) is 27.4. The van der Waals surface area contributed by atoms with Crippen LogP contribution in [-0.2, 0) is 11.8 Å². The molecule has 2 heterocycles. The first-order valence-corrected chi connectivity index (χ1v) is 7.00. The van der Waals surface area contributed by atoms with Crippen LogP contribution in [0.25, 0.3) is 0 Å². The number of esters is 1. The number of aryl methyl sites for hydroxylation is 2. The predicted octanol–water partition coefficient (Wildman–Crippen LogP) is 2.18. The lowest BCUT2D eigenvalue weighted by Crippen LogP contribution is -2.15. The first-order valence-electron chi connectivity index (χ1n) is 7.00. The smallest absolute Gasteiger partial charge is 0.340 e. The van der Waals surface area contributed by atoms with Crippen molar-refractivity contribution < 1.29 is 14.3 Å². The Morgan fingerprint density at radius 3 is 2.59 bits per heavy atom. The van der Waals surface area contributed by atoms with Gasteiger partial charge in [-0.05, 0) is 33.3 Å². The van der Waals surface area contributed by atoms with Crippen molar-refractivity contribution in [3.8, 4) is 0 Å². The van der Waals surface area contributed by atoms with Crippen LogP contribution < -0.4 is 5.32 Å². The topological polar surface area (TPSA) is 89.0 Å². The fraction of sp³-hybridized carbons (Fsp3) is 0.400. The van der Waals surface area contributed by atoms with Crippen molar-refractivity contribution in [1.29, 1.82) is 0 Å². The van der Waals surface area contributed by atoms with Gasteiger partial charge in [-0.1, -0.05) is 0 Å². The van der Waals surface area contributed by atoms with E-state index in [1.807, 2.05) is 0 Å². The first-order chi connectivity index (χ1) is 10.3. The normalized spacial score (nSPS) is 10.8. The monoisotopic (exact) mass is 304 g/mol. The van der Waals surface area contributed by atoms with Crippen LogP contribution in [0.3, 0.4) is 0 Å². The third-order valence-corrected chi connectivity index (χ3v) is 3.17. The summed E-state index contributed by atoms with van der Waals surface area (Å²) < 4.78 is 6.80. The second-order valence-electron chi connectivity index (χ2n) is 5.41. The van der Waals surface area contributed by atoms with E-state index in [1.54, 1.807) is 51.7 Å². The number of rotatable bonds is 4. The van der Waals surface area contributed by atoms with Crippen molar-refractivity contribution in [3.05, 3.63) is 34.8 Å². The van der Waals surface area contributed by atoms with Gasteiger partial charge in [-0.25, -0.2) is 4.79 Å². The van der Waals surface area contributed by atoms with Crippen LogP contribution in [0.5, 0.6) is 0 Å². The fourth-order valence-electron chi connectivity index (χ4n) is 2.22. The minimum atomic E-state index is -0.432. The Morgan fingerprint density at radius 1 is 1.36 bits per heavy atom. The number of nitrogens with one attached hydrogen (secondary N) is 2. The minimum Gasteiger partial charge on any atom is -0.459 e. The van der Waals surface area contributed by atoms with Crippen LogP contribution in [0, 0.1) is 13.8 Å². The van der Waals surface area contributed by atoms with Gasteiger partial charge in [0.25, 0.3) is 5.91 Å². The van der Waals surface area contributed by atoms with Crippen LogP contribution in [0.4, 0.5) is 5.82 Å². The van der Waals surface area contributed by atoms with E-state index in [2.05, 4.69) is 15.4 Å². The molecule has 1 amide bonds. The standard InChI is InChI=1S/C15H20N4O3/c1-8(2)22-15(21)12-9(3)13(16-10(12)4)14(20)17-11-6-7-19(5)18-11/h6-8,16H,1-5H3,(H,17,18,20). The first kappa shape index (κ1) is 15.8. The number of aromatic amines is 1. The average Bonchev–Trinajstić information content (AvgIpc) is 2.92. The number of H-pyrrole nitrogens is 1. The minimum absolute atomic E-state index is 0.216. The van der Waals surface area contributed by atoms with Gasteiger partial charge in [0.1, 0.15) is 5.69 Å². The third-order valence-electron chi connectivity index (χ3n) is 3.17. The maximum atomic E-state index is 12.3. The summed E-state index contributed by atoms with van der Waals surface area (Å²) in [5.41, 5.74) is 1.91. The highest BCUT2D eigenvalue weighted by atomic mass is 16.5. The molecule has 0 saturated heterocycles. The van der Waals surface area contributed by atoms with E-state index in [0.29, 0.717) is 28.3 Å². The van der Waals surface area contributed by atoms with Crippen molar-refractivity contribution in [2.75, 3.05) is 5.32 Å². The van der Waals surface area contributed by atoms with Gasteiger partial charge in [0.15, 0.2) is 5.82 Å². The molecular weight excluding hydrogens is 284 g/mol. The summed E-state index contributed by atoms with van der Waals surface area (Å²) in [7, 11) is 1.76. The van der Waals surface area contributed by atoms with E-state index in [1.165, 1.54) is 0 Å². The summed E-state index contributed by atoms with van der Waals surface area (Å²) in [6, 6.07) is 1.69. The van der Waals surface area contributed by atoms with Crippen LogP contribution in [-0.4, -0.2) is 32.7 Å². The predicted molar refractivity (Wildman–Crippen MR) is 82.0 cm³/mol. The molecule has 0 aliphatic rings. The van der Waals surface area contributed by atoms with E-state index in [-0.39, 0.29) is 12.0 Å². The highest BCUT2D eigenvalue weighted by Crippen LogP contribution is 2.20. The van der Waals surface area contributed by atoms with Crippen molar-refractivity contribution in [1.82, 2.24) is 14.8 Å². The van der Waals surface area contributed by atoms with E-state index in [9.17, 15) is 9.59 Å². The second kappa shape index (κ2) is 6.05. The molecule has 0 aliphatic carbocycles. The number of ether oxygens (including phenoxy) is 1. The number of anilines is 1. The lowest BCUT2D eigenvalue weighted by atomic mass is 10.1.